The monoisotopic (exact) mass is 1970 g/mol. The number of fused-ring (bicyclic) bond motifs is 8. The van der Waals surface area contributed by atoms with Gasteiger partial charge in [-0.2, -0.15) is 12.6 Å². The van der Waals surface area contributed by atoms with Gasteiger partial charge >= 0.3 is 5.97 Å². The Morgan fingerprint density at radius 3 is 0.615 bits per heavy atom. The molecule has 0 radical (unpaired) electrons. The van der Waals surface area contributed by atoms with E-state index in [1.165, 1.54) is 0 Å². The van der Waals surface area contributed by atoms with Crippen molar-refractivity contribution in [3.8, 4) is 0 Å². The Morgan fingerprint density at radius 1 is 0.252 bits per heavy atom. The first kappa shape index (κ1) is 106. The highest BCUT2D eigenvalue weighted by atomic mass is 32.1. The molecule has 0 unspecified atom stereocenters. The number of thiol groups is 1. The average Bonchev–Trinajstić information content (AvgIpc) is 0.789. The number of aliphatic carboxylic acids is 1. The fourth-order valence-corrected chi connectivity index (χ4v) is 17.6. The summed E-state index contributed by atoms with van der Waals surface area (Å²) in [5.41, 5.74) is 39.2. The highest BCUT2D eigenvalue weighted by Crippen LogP contribution is 2.36. The van der Waals surface area contributed by atoms with Crippen molar-refractivity contribution in [2.24, 2.45) is 28.7 Å². The van der Waals surface area contributed by atoms with Crippen molar-refractivity contribution in [3.05, 3.63) is 194 Å². The van der Waals surface area contributed by atoms with Gasteiger partial charge in [-0.25, -0.2) is 24.7 Å². The molecule has 0 aliphatic heterocycles. The lowest BCUT2D eigenvalue weighted by atomic mass is 10.0. The molecule has 31 N–H and O–H groups in total. The SMILES string of the molecule is N=C(N)NCCC[C@@H](NC(=O)[C@H](CCCCNc1c2ccccc2nc2ccccc12)NC(=O)[C@@H](CCCNC(=N)N)NC(=O)[C@H](CCCCNc1c2ccccc2nc2ccccc12)NC(=O)[C@@H](CCCNC(=N)N)NC(=O)[C@H](CCCCNc1c2ccccc2nc2ccccc12)NC(=O)[C@@H](CCCNC(=N)N)NC(=O)[C@@H](N)CCCCNc1c2ccccc2nc2ccccc12)C(=O)N[C@@H](CS)C(=O)O. The van der Waals surface area contributed by atoms with Crippen molar-refractivity contribution in [3.63, 3.8) is 0 Å². The van der Waals surface area contributed by atoms with Gasteiger partial charge in [-0.15, -0.1) is 0 Å². The topological polar surface area (TPSA) is 643 Å². The molecule has 39 nitrogen and oxygen atoms in total. The maximum Gasteiger partial charge on any atom is 0.327 e. The standard InChI is InChI=1S/C103H131N29O10S/c104-70(37-17-21-53-113-87-62-29-1-9-38-71(62)121-72-39-10-2-30-63(72)87)91(133)125-82(49-25-57-117-100(105)106)95(137)126-79(46-18-22-54-114-88-64-31-3-11-40-73(64)122-74-41-12-4-32-65(74)88)92(134)129-83(50-26-58-118-101(107)108)96(138)127-80(47-19-23-55-115-89-66-33-5-13-42-75(66)123-76-43-14-6-34-67(76)89)93(135)130-84(51-27-59-119-102(109)110)97(139)128-81(94(136)131-85(52-28-60-120-103(111)112)98(140)132-86(61-143)99(141)142)48-20-24-56-116-90-68-35-7-15-44-77(68)124-78-45-16-8-36-69(78)90/h1-16,29-36,38-45,70,79-86,143H,17-28,37,46-61,104H2,(H,113,121)(H,114,122)(H,115,123)(H,116,124)(H,125,133)(H,126,137)(H,127,138)(H,128,139)(H,129,134)(H,130,135)(H,131,136)(H,132,140)(H,141,142)(H4,105,106,117)(H4,107,108,118)(H4,109,110,119)(H4,111,112,120)/t70-,79-,80-,81-,82+,83+,84+,85+,86-/m0/s1. The zero-order valence-electron chi connectivity index (χ0n) is 79.9. The fourth-order valence-electron chi connectivity index (χ4n) is 17.4. The van der Waals surface area contributed by atoms with E-state index in [9.17, 15) is 19.5 Å². The summed E-state index contributed by atoms with van der Waals surface area (Å²) < 4.78 is 0. The third kappa shape index (κ3) is 31.1. The summed E-state index contributed by atoms with van der Waals surface area (Å²) in [6.07, 6.45) is 3.22. The molecule has 4 heterocycles. The van der Waals surface area contributed by atoms with Crippen molar-refractivity contribution in [2.75, 3.05) is 79.4 Å². The number of benzene rings is 8. The van der Waals surface area contributed by atoms with E-state index >= 15 is 28.8 Å². The molecule has 8 amide bonds. The third-order valence-corrected chi connectivity index (χ3v) is 25.1. The third-order valence-electron chi connectivity index (χ3n) is 24.8. The smallest absolute Gasteiger partial charge is 0.327 e. The maximum absolute atomic E-state index is 15.9. The largest absolute Gasteiger partial charge is 0.480 e. The molecule has 0 spiro atoms. The Balaban J connectivity index is 0.827. The minimum absolute atomic E-state index is 0.0195. The number of carbonyl (C=O) groups is 9. The predicted molar refractivity (Wildman–Crippen MR) is 568 cm³/mol. The van der Waals surface area contributed by atoms with Gasteiger partial charge in [0.1, 0.15) is 48.3 Å². The second-order valence-corrected chi connectivity index (χ2v) is 35.7. The number of guanidine groups is 4. The van der Waals surface area contributed by atoms with Crippen molar-refractivity contribution in [1.29, 1.82) is 21.6 Å². The van der Waals surface area contributed by atoms with Gasteiger partial charge in [0.2, 0.25) is 47.3 Å². The molecule has 0 saturated heterocycles. The second kappa shape index (κ2) is 54.2. The first-order valence-corrected chi connectivity index (χ1v) is 49.3. The number of hydrogen-bond acceptors (Lipinski definition) is 23. The van der Waals surface area contributed by atoms with E-state index in [0.29, 0.717) is 64.7 Å². The number of carboxylic acid groups (broad SMARTS) is 1. The Hall–Kier alpha value is -15.7. The second-order valence-electron chi connectivity index (χ2n) is 35.3. The number of rotatable bonds is 58. The Bertz CT molecular complexity index is 6280. The van der Waals surface area contributed by atoms with Crippen LogP contribution in [0.4, 0.5) is 22.7 Å². The molecule has 8 aromatic carbocycles. The van der Waals surface area contributed by atoms with Crippen LogP contribution in [-0.2, 0) is 43.2 Å². The normalized spacial score (nSPS) is 13.2. The van der Waals surface area contributed by atoms with Gasteiger partial charge in [0, 0.05) is 101 Å². The van der Waals surface area contributed by atoms with Crippen LogP contribution in [0.25, 0.3) is 87.2 Å². The van der Waals surface area contributed by atoms with Gasteiger partial charge < -0.3 is 119 Å². The lowest BCUT2D eigenvalue weighted by molar-refractivity contribution is -0.141. The molecule has 754 valence electrons. The number of nitrogens with one attached hydrogen (secondary N) is 20. The highest BCUT2D eigenvalue weighted by Gasteiger charge is 2.36. The number of nitrogens with two attached hydrogens (primary N) is 5. The van der Waals surface area contributed by atoms with Crippen LogP contribution in [0.2, 0.25) is 0 Å². The van der Waals surface area contributed by atoms with Gasteiger partial charge in [-0.05, 0) is 177 Å². The van der Waals surface area contributed by atoms with Crippen molar-refractivity contribution in [1.82, 2.24) is 83.7 Å². The van der Waals surface area contributed by atoms with E-state index in [-0.39, 0.29) is 146 Å². The zero-order valence-corrected chi connectivity index (χ0v) is 80.8. The van der Waals surface area contributed by atoms with E-state index in [0.717, 1.165) is 110 Å². The number of pyridine rings is 4. The van der Waals surface area contributed by atoms with Gasteiger partial charge in [-0.1, -0.05) is 146 Å². The zero-order chi connectivity index (χ0) is 102. The lowest BCUT2D eigenvalue weighted by Gasteiger charge is -2.28. The molecule has 9 atom stereocenters. The molecule has 0 saturated carbocycles. The first-order chi connectivity index (χ1) is 69.3. The summed E-state index contributed by atoms with van der Waals surface area (Å²) in [6, 6.07) is 49.2. The Labute approximate surface area is 833 Å². The number of unbranched alkanes of at least 4 members (excludes halogenated alkanes) is 4. The molecular weight excluding hydrogens is 1840 g/mol. The van der Waals surface area contributed by atoms with E-state index in [1.807, 2.05) is 194 Å². The molecule has 0 aliphatic rings. The van der Waals surface area contributed by atoms with Crippen LogP contribution in [0.15, 0.2) is 194 Å². The molecule has 12 aromatic rings. The van der Waals surface area contributed by atoms with E-state index < -0.39 is 108 Å². The fraction of sp³-hybridized carbons (Fsp3) is 0.369. The van der Waals surface area contributed by atoms with E-state index in [2.05, 4.69) is 97.7 Å². The summed E-state index contributed by atoms with van der Waals surface area (Å²) in [5, 5.41) is 96.8. The number of aromatic nitrogens is 4. The maximum atomic E-state index is 15.9. The van der Waals surface area contributed by atoms with Crippen LogP contribution < -0.4 is 114 Å². The number of anilines is 4. The minimum atomic E-state index is -1.53. The van der Waals surface area contributed by atoms with E-state index in [1.54, 1.807) is 0 Å². The predicted octanol–water partition coefficient (Wildman–Crippen LogP) is 8.19. The Kier molecular flexibility index (Phi) is 40.2. The summed E-state index contributed by atoms with van der Waals surface area (Å²) in [6.45, 7) is 1.88. The van der Waals surface area contributed by atoms with Crippen molar-refractivity contribution in [2.45, 2.75) is 183 Å². The highest BCUT2D eigenvalue weighted by molar-refractivity contribution is 7.80. The molecule has 0 fully saturated rings. The van der Waals surface area contributed by atoms with Crippen LogP contribution in [0, 0.1) is 21.6 Å². The van der Waals surface area contributed by atoms with Gasteiger partial charge in [-0.3, -0.25) is 60.0 Å². The van der Waals surface area contributed by atoms with Crippen molar-refractivity contribution >= 4 is 200 Å². The Morgan fingerprint density at radius 2 is 0.427 bits per heavy atom. The molecule has 12 rings (SSSR count). The molecule has 4 aromatic heterocycles. The minimum Gasteiger partial charge on any atom is -0.480 e. The van der Waals surface area contributed by atoms with E-state index in [4.69, 9.17) is 70.2 Å². The number of amides is 8. The van der Waals surface area contributed by atoms with Gasteiger partial charge in [0.15, 0.2) is 23.8 Å². The number of para-hydroxylation sites is 8. The molecule has 143 heavy (non-hydrogen) atoms. The average molecular weight is 1970 g/mol. The van der Waals surface area contributed by atoms with Gasteiger partial charge in [0.05, 0.1) is 72.9 Å². The summed E-state index contributed by atoms with van der Waals surface area (Å²) in [4.78, 5) is 154. The summed E-state index contributed by atoms with van der Waals surface area (Å²) in [5.74, 6) is -9.79. The van der Waals surface area contributed by atoms with Crippen molar-refractivity contribution < 1.29 is 48.3 Å². The molecule has 0 bridgehead atoms. The number of nitrogens with zero attached hydrogens (tertiary/aromatic N) is 4. The number of carboxylic acids is 1. The lowest BCUT2D eigenvalue weighted by Crippen LogP contribution is -2.60. The van der Waals surface area contributed by atoms with Crippen LogP contribution in [0.3, 0.4) is 0 Å². The quantitative estimate of drug-likeness (QED) is 0.00561. The first-order valence-electron chi connectivity index (χ1n) is 48.7. The number of carbonyl (C=O) groups excluding carboxylic acids is 8. The van der Waals surface area contributed by atoms with Crippen LogP contribution >= 0.6 is 12.6 Å². The van der Waals surface area contributed by atoms with Gasteiger partial charge in [0.25, 0.3) is 0 Å². The van der Waals surface area contributed by atoms with Crippen LogP contribution in [0.5, 0.6) is 0 Å². The summed E-state index contributed by atoms with van der Waals surface area (Å²) >= 11 is 4.15. The number of hydrogen-bond donors (Lipinski definition) is 27. The molecule has 40 heteroatoms. The van der Waals surface area contributed by atoms with Crippen LogP contribution in [-0.4, -0.2) is 215 Å². The summed E-state index contributed by atoms with van der Waals surface area (Å²) in [7, 11) is 0. The van der Waals surface area contributed by atoms with Crippen LogP contribution in [0.1, 0.15) is 128 Å². The molecule has 0 aliphatic carbocycles. The molecular formula is C103H131N29O10S.